The number of aryl methyl sites for hydroxylation is 1. The van der Waals surface area contributed by atoms with Crippen molar-refractivity contribution in [1.29, 1.82) is 0 Å². The number of aromatic nitrogens is 3. The van der Waals surface area contributed by atoms with Crippen LogP contribution in [-0.4, -0.2) is 82.3 Å². The van der Waals surface area contributed by atoms with Crippen LogP contribution >= 0.6 is 0 Å². The quantitative estimate of drug-likeness (QED) is 0.758. The molecule has 1 unspecified atom stereocenters. The van der Waals surface area contributed by atoms with E-state index >= 15 is 0 Å². The maximum atomic E-state index is 13.2. The Morgan fingerprint density at radius 1 is 1.23 bits per heavy atom. The topological polar surface area (TPSA) is 95.0 Å². The third kappa shape index (κ3) is 3.55. The Morgan fingerprint density at radius 3 is 2.83 bits per heavy atom. The first-order valence-corrected chi connectivity index (χ1v) is 11.1. The fraction of sp³-hybridized carbons (Fsp3) is 0.667. The summed E-state index contributed by atoms with van der Waals surface area (Å²) in [5, 5.41) is 8.17. The van der Waals surface area contributed by atoms with E-state index in [2.05, 4.69) is 28.1 Å². The van der Waals surface area contributed by atoms with Gasteiger partial charge in [-0.2, -0.15) is 5.10 Å². The van der Waals surface area contributed by atoms with Crippen molar-refractivity contribution in [3.63, 3.8) is 0 Å². The maximum Gasteiger partial charge on any atom is 0.241 e. The van der Waals surface area contributed by atoms with Crippen LogP contribution in [0.5, 0.6) is 0 Å². The molecule has 9 nitrogen and oxygen atoms in total. The van der Waals surface area contributed by atoms with Crippen LogP contribution < -0.4 is 16.0 Å². The predicted molar refractivity (Wildman–Crippen MR) is 115 cm³/mol. The first-order chi connectivity index (χ1) is 14.5. The average Bonchev–Trinajstić information content (AvgIpc) is 3.46. The minimum absolute atomic E-state index is 0.0182. The largest absolute Gasteiger partial charge is 0.355 e. The van der Waals surface area contributed by atoms with Gasteiger partial charge in [-0.3, -0.25) is 15.0 Å². The molecule has 0 bridgehead atoms. The van der Waals surface area contributed by atoms with Crippen LogP contribution in [-0.2, 0) is 4.79 Å². The molecule has 9 heteroatoms. The zero-order valence-corrected chi connectivity index (χ0v) is 17.9. The molecule has 3 saturated heterocycles. The SMILES string of the molecule is Cc1cn2nc([C@@H]3CCCCN3C(=O)C3CN(C)CN3)cc2nc1N1CC[C@H](N)C1. The second kappa shape index (κ2) is 7.79. The van der Waals surface area contributed by atoms with Crippen LogP contribution in [0.2, 0.25) is 0 Å². The lowest BCUT2D eigenvalue weighted by Gasteiger charge is -2.36. The zero-order valence-electron chi connectivity index (χ0n) is 17.9. The molecule has 3 atom stereocenters. The van der Waals surface area contributed by atoms with E-state index < -0.39 is 0 Å². The molecule has 162 valence electrons. The number of hydrogen-bond donors (Lipinski definition) is 2. The lowest BCUT2D eigenvalue weighted by molar-refractivity contribution is -0.136. The number of carbonyl (C=O) groups is 1. The van der Waals surface area contributed by atoms with Gasteiger partial charge in [0.15, 0.2) is 5.65 Å². The molecule has 1 amide bonds. The molecule has 5 heterocycles. The van der Waals surface area contributed by atoms with E-state index in [-0.39, 0.29) is 24.0 Å². The summed E-state index contributed by atoms with van der Waals surface area (Å²) in [6.45, 7) is 6.18. The second-order valence-corrected chi connectivity index (χ2v) is 9.11. The van der Waals surface area contributed by atoms with Gasteiger partial charge < -0.3 is 15.5 Å². The van der Waals surface area contributed by atoms with Crippen molar-refractivity contribution in [2.45, 2.75) is 50.7 Å². The van der Waals surface area contributed by atoms with Gasteiger partial charge in [0.05, 0.1) is 11.7 Å². The summed E-state index contributed by atoms with van der Waals surface area (Å²) in [5.41, 5.74) is 8.97. The molecule has 3 aliphatic rings. The van der Waals surface area contributed by atoms with Gasteiger partial charge in [-0.05, 0) is 39.7 Å². The van der Waals surface area contributed by atoms with Crippen LogP contribution in [0.1, 0.15) is 43.0 Å². The van der Waals surface area contributed by atoms with Gasteiger partial charge in [0.2, 0.25) is 5.91 Å². The second-order valence-electron chi connectivity index (χ2n) is 9.11. The maximum absolute atomic E-state index is 13.2. The van der Waals surface area contributed by atoms with E-state index in [0.717, 1.165) is 81.3 Å². The first-order valence-electron chi connectivity index (χ1n) is 11.1. The number of fused-ring (bicyclic) bond motifs is 1. The molecule has 0 aliphatic carbocycles. The van der Waals surface area contributed by atoms with E-state index in [0.29, 0.717) is 0 Å². The molecule has 0 aromatic carbocycles. The number of likely N-dealkylation sites (N-methyl/N-ethyl adjacent to an activating group) is 1. The Bertz CT molecular complexity index is 942. The van der Waals surface area contributed by atoms with Gasteiger partial charge in [-0.25, -0.2) is 9.50 Å². The third-order valence-corrected chi connectivity index (χ3v) is 6.68. The van der Waals surface area contributed by atoms with E-state index in [1.807, 2.05) is 22.7 Å². The lowest BCUT2D eigenvalue weighted by atomic mass is 9.98. The highest BCUT2D eigenvalue weighted by atomic mass is 16.2. The number of rotatable bonds is 3. The fourth-order valence-corrected chi connectivity index (χ4v) is 5.06. The number of anilines is 1. The number of hydrogen-bond acceptors (Lipinski definition) is 7. The molecule has 2 aromatic rings. The number of carbonyl (C=O) groups excluding carboxylic acids is 1. The van der Waals surface area contributed by atoms with Crippen LogP contribution in [0.25, 0.3) is 5.65 Å². The average molecular weight is 413 g/mol. The van der Waals surface area contributed by atoms with Gasteiger partial charge in [0, 0.05) is 56.7 Å². The van der Waals surface area contributed by atoms with Gasteiger partial charge in [-0.15, -0.1) is 0 Å². The van der Waals surface area contributed by atoms with Gasteiger partial charge in [0.25, 0.3) is 0 Å². The van der Waals surface area contributed by atoms with Crippen LogP contribution in [0.15, 0.2) is 12.3 Å². The zero-order chi connectivity index (χ0) is 20.8. The number of piperidine rings is 1. The molecule has 30 heavy (non-hydrogen) atoms. The van der Waals surface area contributed by atoms with Crippen molar-refractivity contribution in [3.8, 4) is 0 Å². The molecule has 0 spiro atoms. The molecule has 3 fully saturated rings. The summed E-state index contributed by atoms with van der Waals surface area (Å²) in [6.07, 6.45) is 6.16. The van der Waals surface area contributed by atoms with Crippen LogP contribution in [0.3, 0.4) is 0 Å². The van der Waals surface area contributed by atoms with Crippen molar-refractivity contribution in [3.05, 3.63) is 23.5 Å². The minimum atomic E-state index is -0.126. The molecule has 3 aliphatic heterocycles. The summed E-state index contributed by atoms with van der Waals surface area (Å²) in [7, 11) is 2.04. The summed E-state index contributed by atoms with van der Waals surface area (Å²) < 4.78 is 1.86. The lowest BCUT2D eigenvalue weighted by Crippen LogP contribution is -2.48. The van der Waals surface area contributed by atoms with Crippen molar-refractivity contribution < 1.29 is 4.79 Å². The van der Waals surface area contributed by atoms with Gasteiger partial charge in [-0.1, -0.05) is 0 Å². The predicted octanol–water partition coefficient (Wildman–Crippen LogP) is 0.490. The molecule has 2 aromatic heterocycles. The summed E-state index contributed by atoms with van der Waals surface area (Å²) in [4.78, 5) is 24.6. The molecule has 5 rings (SSSR count). The van der Waals surface area contributed by atoms with Crippen molar-refractivity contribution in [2.75, 3.05) is 44.8 Å². The highest BCUT2D eigenvalue weighted by Gasteiger charge is 2.36. The number of amides is 1. The Kier molecular flexibility index (Phi) is 5.12. The van der Waals surface area contributed by atoms with Crippen molar-refractivity contribution in [2.24, 2.45) is 5.73 Å². The Morgan fingerprint density at radius 2 is 2.10 bits per heavy atom. The Balaban J connectivity index is 1.43. The summed E-state index contributed by atoms with van der Waals surface area (Å²) in [6, 6.07) is 2.17. The first kappa shape index (κ1) is 19.7. The molecule has 3 N–H and O–H groups in total. The van der Waals surface area contributed by atoms with Crippen LogP contribution in [0, 0.1) is 6.92 Å². The molecule has 0 radical (unpaired) electrons. The Labute approximate surface area is 177 Å². The van der Waals surface area contributed by atoms with Crippen LogP contribution in [0.4, 0.5) is 5.82 Å². The Hall–Kier alpha value is -2.23. The third-order valence-electron chi connectivity index (χ3n) is 6.68. The van der Waals surface area contributed by atoms with Gasteiger partial charge >= 0.3 is 0 Å². The molecular formula is C21H32N8O. The normalized spacial score (nSPS) is 28.0. The highest BCUT2D eigenvalue weighted by Crippen LogP contribution is 2.32. The van der Waals surface area contributed by atoms with Crippen molar-refractivity contribution >= 4 is 17.4 Å². The fourth-order valence-electron chi connectivity index (χ4n) is 5.06. The highest BCUT2D eigenvalue weighted by molar-refractivity contribution is 5.83. The van der Waals surface area contributed by atoms with Crippen molar-refractivity contribution in [1.82, 2.24) is 29.7 Å². The van der Waals surface area contributed by atoms with E-state index in [1.165, 1.54) is 0 Å². The molecular weight excluding hydrogens is 380 g/mol. The number of nitrogens with two attached hydrogens (primary N) is 1. The van der Waals surface area contributed by atoms with E-state index in [4.69, 9.17) is 15.8 Å². The standard InChI is InChI=1S/C21H32N8O/c1-14-10-29-19(24-20(14)27-8-6-15(22)11-27)9-16(25-29)18-5-3-4-7-28(18)21(30)17-12-26(2)13-23-17/h9-10,15,17-18,23H,3-8,11-13,22H2,1-2H3/t15-,17?,18-/m0/s1. The minimum Gasteiger partial charge on any atom is -0.355 e. The van der Waals surface area contributed by atoms with E-state index in [1.54, 1.807) is 0 Å². The number of nitrogens with zero attached hydrogens (tertiary/aromatic N) is 6. The monoisotopic (exact) mass is 412 g/mol. The number of likely N-dealkylation sites (tertiary alicyclic amines) is 1. The summed E-state index contributed by atoms with van der Waals surface area (Å²) in [5.74, 6) is 1.19. The number of nitrogens with one attached hydrogen (secondary N) is 1. The molecule has 0 saturated carbocycles. The summed E-state index contributed by atoms with van der Waals surface area (Å²) >= 11 is 0. The van der Waals surface area contributed by atoms with E-state index in [9.17, 15) is 4.79 Å². The smallest absolute Gasteiger partial charge is 0.241 e. The van der Waals surface area contributed by atoms with Gasteiger partial charge in [0.1, 0.15) is 11.9 Å².